The zero-order valence-corrected chi connectivity index (χ0v) is 46.2. The lowest BCUT2D eigenvalue weighted by Gasteiger charge is -2.18. The van der Waals surface area contributed by atoms with Crippen LogP contribution in [0.3, 0.4) is 0 Å². The molecule has 0 atom stereocenters. The van der Waals surface area contributed by atoms with Gasteiger partial charge in [0.15, 0.2) is 5.65 Å². The molecule has 2 aliphatic rings. The molecule has 0 saturated carbocycles. The van der Waals surface area contributed by atoms with Crippen LogP contribution >= 0.6 is 0 Å². The van der Waals surface area contributed by atoms with Crippen molar-refractivity contribution in [2.24, 2.45) is 4.99 Å². The minimum atomic E-state index is 0.253. The fourth-order valence-electron chi connectivity index (χ4n) is 12.0. The number of H-pyrrole nitrogens is 2. The van der Waals surface area contributed by atoms with Crippen LogP contribution < -0.4 is 0 Å². The second-order valence-electron chi connectivity index (χ2n) is 21.2. The SMILES string of the molecule is Cc1ccccc1C1=Nc2nc1c(-c1ccccc1C)c1[nH]c(c(-c3ccccc3C)c3nc(c(-c4ccccc4C)c4nnc(n2)[nH]4)C(c2ccccc2C)=C3c2ccccc2C)c(-c2ccccc2C)c1-c1ccccc1C. The fourth-order valence-corrected chi connectivity index (χ4v) is 12.0. The predicted molar refractivity (Wildman–Crippen MR) is 329 cm³/mol. The zero-order valence-electron chi connectivity index (χ0n) is 46.2. The van der Waals surface area contributed by atoms with Gasteiger partial charge in [-0.15, -0.1) is 10.2 Å². The standard InChI is InChI=1S/C72H58N8/c1-41-25-9-17-33-49(41)57-58(50-34-18-10-26-42(50)2)67-62(54-38-22-14-30-46(54)6)69-64(56-40-24-16-32-48(56)8)75-71(76-69)78-72-77-70(79-80-72)63(55-39-23-15-31-47(55)7)68-60(52-36-20-12-28-44(52)4)59(51-35-19-11-27-43(51)3)66(74-68)61(65(57)73-67)53-37-21-13-29-45(53)5/h9-40,73H,1-8H3,(H,75,76,77,78,79,80). The van der Waals surface area contributed by atoms with Crippen molar-refractivity contribution in [1.29, 1.82) is 0 Å². The number of aromatic amines is 2. The molecule has 80 heavy (non-hydrogen) atoms. The summed E-state index contributed by atoms with van der Waals surface area (Å²) in [6, 6.07) is 69.1. The van der Waals surface area contributed by atoms with Gasteiger partial charge in [-0.1, -0.05) is 194 Å². The third-order valence-electron chi connectivity index (χ3n) is 16.0. The van der Waals surface area contributed by atoms with Crippen LogP contribution in [0, 0.1) is 55.4 Å². The number of hydrogen-bond donors (Lipinski definition) is 2. The molecule has 0 aliphatic carbocycles. The molecule has 0 saturated heterocycles. The van der Waals surface area contributed by atoms with E-state index in [-0.39, 0.29) is 11.7 Å². The summed E-state index contributed by atoms with van der Waals surface area (Å²) in [4.78, 5) is 30.4. The van der Waals surface area contributed by atoms with E-state index >= 15 is 0 Å². The third kappa shape index (κ3) is 8.39. The van der Waals surface area contributed by atoms with Gasteiger partial charge in [-0.3, -0.25) is 0 Å². The average molecular weight is 1040 g/mol. The minimum Gasteiger partial charge on any atom is -0.353 e. The number of nitrogens with one attached hydrogen (secondary N) is 2. The summed E-state index contributed by atoms with van der Waals surface area (Å²) in [5.41, 5.74) is 29.0. The molecule has 8 aromatic carbocycles. The first-order valence-electron chi connectivity index (χ1n) is 27.3. The van der Waals surface area contributed by atoms with Crippen molar-refractivity contribution in [3.63, 3.8) is 0 Å². The smallest absolute Gasteiger partial charge is 0.254 e. The van der Waals surface area contributed by atoms with E-state index in [1.807, 2.05) is 0 Å². The van der Waals surface area contributed by atoms with Crippen LogP contribution in [0.1, 0.15) is 78.3 Å². The van der Waals surface area contributed by atoms with Crippen LogP contribution in [0.15, 0.2) is 199 Å². The van der Waals surface area contributed by atoms with E-state index in [1.54, 1.807) is 0 Å². The number of aromatic nitrogens is 7. The van der Waals surface area contributed by atoms with Gasteiger partial charge in [-0.25, -0.2) is 15.0 Å². The molecule has 0 radical (unpaired) electrons. The maximum atomic E-state index is 6.24. The molecule has 0 unspecified atom stereocenters. The van der Waals surface area contributed by atoms with E-state index in [0.717, 1.165) is 150 Å². The molecule has 0 spiro atoms. The van der Waals surface area contributed by atoms with Gasteiger partial charge in [0.1, 0.15) is 11.4 Å². The van der Waals surface area contributed by atoms with Gasteiger partial charge in [0, 0.05) is 39.0 Å². The predicted octanol–water partition coefficient (Wildman–Crippen LogP) is 17.5. The molecule has 8 bridgehead atoms. The van der Waals surface area contributed by atoms with Gasteiger partial charge in [-0.05, 0) is 139 Å². The Kier molecular flexibility index (Phi) is 12.5. The highest BCUT2D eigenvalue weighted by molar-refractivity contribution is 6.22. The molecular weight excluding hydrogens is 977 g/mol. The van der Waals surface area contributed by atoms with Crippen LogP contribution in [0.2, 0.25) is 0 Å². The van der Waals surface area contributed by atoms with Crippen molar-refractivity contribution in [1.82, 2.24) is 35.1 Å². The second-order valence-corrected chi connectivity index (χ2v) is 21.2. The van der Waals surface area contributed by atoms with Gasteiger partial charge in [-0.2, -0.15) is 4.98 Å². The lowest BCUT2D eigenvalue weighted by molar-refractivity contribution is 1.10. The molecule has 3 aromatic heterocycles. The molecular formula is C72H58N8. The first-order chi connectivity index (χ1) is 39.0. The fraction of sp³-hybridized carbons (Fsp3) is 0.111. The highest BCUT2D eigenvalue weighted by Crippen LogP contribution is 2.53. The quantitative estimate of drug-likeness (QED) is 0.158. The summed E-state index contributed by atoms with van der Waals surface area (Å²) in [6.45, 7) is 17.5. The zero-order chi connectivity index (χ0) is 54.8. The number of aryl methyl sites for hydroxylation is 8. The average Bonchev–Trinajstić information content (AvgIpc) is 4.34. The Balaban J connectivity index is 1.42. The molecule has 386 valence electrons. The van der Waals surface area contributed by atoms with Crippen LogP contribution in [0.4, 0.5) is 5.95 Å². The number of nitrogens with zero attached hydrogens (tertiary/aromatic N) is 6. The molecule has 8 heteroatoms. The molecule has 5 heterocycles. The maximum Gasteiger partial charge on any atom is 0.254 e. The van der Waals surface area contributed by atoms with E-state index in [9.17, 15) is 0 Å². The first kappa shape index (κ1) is 49.6. The van der Waals surface area contributed by atoms with Crippen molar-refractivity contribution < 1.29 is 0 Å². The molecule has 0 fully saturated rings. The Labute approximate surface area is 466 Å². The molecule has 2 aliphatic heterocycles. The topological polar surface area (TPSA) is 108 Å². The van der Waals surface area contributed by atoms with Crippen LogP contribution in [0.5, 0.6) is 0 Å². The Morgan fingerprint density at radius 1 is 0.275 bits per heavy atom. The Hall–Kier alpha value is -9.92. The van der Waals surface area contributed by atoms with Crippen molar-refractivity contribution in [2.45, 2.75) is 55.4 Å². The highest BCUT2D eigenvalue weighted by atomic mass is 15.3. The van der Waals surface area contributed by atoms with Crippen LogP contribution in [0.25, 0.3) is 89.2 Å². The van der Waals surface area contributed by atoms with E-state index in [2.05, 4.69) is 259 Å². The molecule has 2 N–H and O–H groups in total. The third-order valence-corrected chi connectivity index (χ3v) is 16.0. The monoisotopic (exact) mass is 1030 g/mol. The van der Waals surface area contributed by atoms with Gasteiger partial charge in [0.25, 0.3) is 11.7 Å². The van der Waals surface area contributed by atoms with Gasteiger partial charge >= 0.3 is 0 Å². The molecule has 13 rings (SSSR count). The number of hydrogen-bond acceptors (Lipinski definition) is 6. The van der Waals surface area contributed by atoms with Gasteiger partial charge in [0.05, 0.1) is 28.0 Å². The number of benzene rings is 8. The van der Waals surface area contributed by atoms with E-state index in [4.69, 9.17) is 30.1 Å². The molecule has 11 aromatic rings. The molecule has 8 nitrogen and oxygen atoms in total. The summed E-state index contributed by atoms with van der Waals surface area (Å²) in [5.74, 6) is 0.520. The van der Waals surface area contributed by atoms with Crippen molar-refractivity contribution >= 4 is 45.3 Å². The summed E-state index contributed by atoms with van der Waals surface area (Å²) >= 11 is 0. The maximum absolute atomic E-state index is 6.24. The number of rotatable bonds is 8. The highest BCUT2D eigenvalue weighted by Gasteiger charge is 2.35. The van der Waals surface area contributed by atoms with E-state index < -0.39 is 0 Å². The van der Waals surface area contributed by atoms with Gasteiger partial charge in [0.2, 0.25) is 0 Å². The summed E-state index contributed by atoms with van der Waals surface area (Å²) in [6.07, 6.45) is 0. The summed E-state index contributed by atoms with van der Waals surface area (Å²) in [5, 5.41) is 9.83. The van der Waals surface area contributed by atoms with Gasteiger partial charge < -0.3 is 9.97 Å². The van der Waals surface area contributed by atoms with Crippen molar-refractivity contribution in [3.05, 3.63) is 272 Å². The second kappa shape index (κ2) is 20.1. The van der Waals surface area contributed by atoms with Crippen LogP contribution in [-0.4, -0.2) is 40.8 Å². The lowest BCUT2D eigenvalue weighted by atomic mass is 9.83. The number of aliphatic imine (C=N–C) groups is 1. The number of fused-ring (bicyclic) bond motifs is 8. The lowest BCUT2D eigenvalue weighted by Crippen LogP contribution is -2.06. The van der Waals surface area contributed by atoms with Crippen molar-refractivity contribution in [2.75, 3.05) is 0 Å². The largest absolute Gasteiger partial charge is 0.353 e. The summed E-state index contributed by atoms with van der Waals surface area (Å²) < 4.78 is 0. The Bertz CT molecular complexity index is 4590. The first-order valence-corrected chi connectivity index (χ1v) is 27.3. The molecule has 0 amide bonds. The van der Waals surface area contributed by atoms with E-state index in [0.29, 0.717) is 17.1 Å². The Morgan fingerprint density at radius 2 is 0.600 bits per heavy atom. The summed E-state index contributed by atoms with van der Waals surface area (Å²) in [7, 11) is 0. The Morgan fingerprint density at radius 3 is 1.00 bits per heavy atom. The van der Waals surface area contributed by atoms with Crippen molar-refractivity contribution in [3.8, 4) is 55.6 Å². The normalized spacial score (nSPS) is 12.3. The van der Waals surface area contributed by atoms with Crippen LogP contribution in [-0.2, 0) is 0 Å². The van der Waals surface area contributed by atoms with E-state index in [1.165, 1.54) is 0 Å². The minimum absolute atomic E-state index is 0.253.